The molecule has 0 radical (unpaired) electrons. The van der Waals surface area contributed by atoms with E-state index in [4.69, 9.17) is 50.4 Å². The molecule has 0 fully saturated rings. The number of terminal acetylenes is 1. The van der Waals surface area contributed by atoms with Crippen LogP contribution in [0.25, 0.3) is 11.0 Å². The molecular weight excluding hydrogens is 603 g/mol. The zero-order chi connectivity index (χ0) is 31.2. The number of carboxylic acid groups (broad SMARTS) is 1. The van der Waals surface area contributed by atoms with Gasteiger partial charge in [0.2, 0.25) is 0 Å². The van der Waals surface area contributed by atoms with E-state index in [2.05, 4.69) is 38.1 Å². The number of nitrogens with two attached hydrogens (primary N) is 1. The average Bonchev–Trinajstić information content (AvgIpc) is 3.35. The summed E-state index contributed by atoms with van der Waals surface area (Å²) >= 11 is 18.6. The van der Waals surface area contributed by atoms with Gasteiger partial charge in [-0.15, -0.1) is 12.8 Å². The Bertz CT molecular complexity index is 1590. The second kappa shape index (κ2) is 16.6. The normalized spacial score (nSPS) is 10.8. The number of nitrogens with one attached hydrogen (secondary N) is 2. The van der Waals surface area contributed by atoms with Crippen LogP contribution < -0.4 is 15.8 Å². The maximum absolute atomic E-state index is 12.6. The van der Waals surface area contributed by atoms with Crippen LogP contribution in [0.1, 0.15) is 33.5 Å². The lowest BCUT2D eigenvalue weighted by molar-refractivity contribution is 0.0696. The molecule has 0 aliphatic rings. The highest BCUT2D eigenvalue weighted by molar-refractivity contribution is 6.40. The summed E-state index contributed by atoms with van der Waals surface area (Å²) in [6.45, 7) is 1.96. The Labute approximate surface area is 257 Å². The van der Waals surface area contributed by atoms with E-state index in [1.165, 1.54) is 18.5 Å². The molecule has 1 aromatic heterocycles. The fourth-order valence-corrected chi connectivity index (χ4v) is 4.23. The van der Waals surface area contributed by atoms with Crippen molar-refractivity contribution in [3.63, 3.8) is 0 Å². The maximum Gasteiger partial charge on any atom is 0.335 e. The van der Waals surface area contributed by atoms with Gasteiger partial charge < -0.3 is 25.9 Å². The second-order valence-electron chi connectivity index (χ2n) is 8.16. The molecule has 42 heavy (non-hydrogen) atoms. The van der Waals surface area contributed by atoms with E-state index in [1.54, 1.807) is 56.5 Å². The number of aromatic amines is 1. The third kappa shape index (κ3) is 9.82. The molecule has 0 aliphatic carbocycles. The fourth-order valence-electron chi connectivity index (χ4n) is 3.34. The van der Waals surface area contributed by atoms with Crippen LogP contribution >= 0.6 is 34.8 Å². The number of aromatic carboxylic acids is 1. The van der Waals surface area contributed by atoms with Crippen LogP contribution in [0.3, 0.4) is 0 Å². The lowest BCUT2D eigenvalue weighted by atomic mass is 10.2. The first-order valence-electron chi connectivity index (χ1n) is 12.0. The first-order valence-corrected chi connectivity index (χ1v) is 13.2. The van der Waals surface area contributed by atoms with E-state index < -0.39 is 11.9 Å². The van der Waals surface area contributed by atoms with Gasteiger partial charge in [-0.3, -0.25) is 4.79 Å². The number of ether oxygens (including phenoxy) is 1. The van der Waals surface area contributed by atoms with Crippen molar-refractivity contribution in [2.45, 2.75) is 13.3 Å². The fraction of sp³-hybridized carbons (Fsp3) is 0.138. The maximum atomic E-state index is 12.6. The Morgan fingerprint density at radius 2 is 1.74 bits per heavy atom. The Kier molecular flexibility index (Phi) is 13.3. The molecule has 4 aromatic rings. The molecule has 10 nitrogen and oxygen atoms in total. The third-order valence-electron chi connectivity index (χ3n) is 5.19. The van der Waals surface area contributed by atoms with Crippen LogP contribution in [-0.2, 0) is 6.42 Å². The molecule has 3 aromatic carbocycles. The average molecular weight is 630 g/mol. The molecule has 218 valence electrons. The second-order valence-corrected chi connectivity index (χ2v) is 9.39. The number of nitrogens with zero attached hydrogens (tertiary/aromatic N) is 3. The molecular formula is C29H27Cl3N6O4. The highest BCUT2D eigenvalue weighted by Crippen LogP contribution is 2.31. The van der Waals surface area contributed by atoms with Crippen LogP contribution in [0, 0.1) is 12.8 Å². The number of imidazole rings is 1. The first-order chi connectivity index (χ1) is 20.1. The van der Waals surface area contributed by atoms with Gasteiger partial charge in [0.1, 0.15) is 17.9 Å². The number of amidine groups is 1. The summed E-state index contributed by atoms with van der Waals surface area (Å²) in [5.74, 6) is 0.321. The SMILES string of the molecule is C#C.COc1cc2nc(CCNC(=O)c3c(Cl)cc(N=CN=C(C)N)cc3Cl)[nH]c2cc1Cl.O=C(O)c1ccccc1. The number of carbonyl (C=O) groups excluding carboxylic acids is 1. The van der Waals surface area contributed by atoms with Crippen LogP contribution in [0.4, 0.5) is 5.69 Å². The molecule has 5 N–H and O–H groups in total. The minimum Gasteiger partial charge on any atom is -0.495 e. The number of carboxylic acids is 1. The largest absolute Gasteiger partial charge is 0.495 e. The van der Waals surface area contributed by atoms with E-state index in [9.17, 15) is 9.59 Å². The summed E-state index contributed by atoms with van der Waals surface area (Å²) in [5.41, 5.74) is 7.90. The molecule has 0 saturated carbocycles. The van der Waals surface area contributed by atoms with Crippen LogP contribution in [0.5, 0.6) is 5.75 Å². The first kappa shape index (κ1) is 33.6. The highest BCUT2D eigenvalue weighted by Gasteiger charge is 2.16. The summed E-state index contributed by atoms with van der Waals surface area (Å²) in [6, 6.07) is 14.8. The van der Waals surface area contributed by atoms with Gasteiger partial charge in [-0.25, -0.2) is 19.8 Å². The number of H-pyrrole nitrogens is 1. The number of hydrogen-bond acceptors (Lipinski definition) is 5. The number of aromatic nitrogens is 2. The Morgan fingerprint density at radius 3 is 2.29 bits per heavy atom. The molecule has 1 amide bonds. The van der Waals surface area contributed by atoms with Gasteiger partial charge in [0.15, 0.2) is 0 Å². The van der Waals surface area contributed by atoms with E-state index in [0.29, 0.717) is 46.6 Å². The Balaban J connectivity index is 0.000000473. The monoisotopic (exact) mass is 628 g/mol. The van der Waals surface area contributed by atoms with Gasteiger partial charge in [-0.1, -0.05) is 53.0 Å². The van der Waals surface area contributed by atoms with Gasteiger partial charge in [0, 0.05) is 19.0 Å². The van der Waals surface area contributed by atoms with Crippen molar-refractivity contribution in [2.24, 2.45) is 15.7 Å². The molecule has 0 spiro atoms. The van der Waals surface area contributed by atoms with E-state index in [0.717, 1.165) is 11.0 Å². The number of aliphatic imine (C=N–C) groups is 2. The van der Waals surface area contributed by atoms with Gasteiger partial charge in [0.25, 0.3) is 5.91 Å². The van der Waals surface area contributed by atoms with Crippen LogP contribution in [0.15, 0.2) is 64.6 Å². The molecule has 0 saturated heterocycles. The zero-order valence-electron chi connectivity index (χ0n) is 22.6. The van der Waals surface area contributed by atoms with Crippen molar-refractivity contribution in [2.75, 3.05) is 13.7 Å². The lowest BCUT2D eigenvalue weighted by Gasteiger charge is -2.09. The Morgan fingerprint density at radius 1 is 1.10 bits per heavy atom. The number of fused-ring (bicyclic) bond motifs is 1. The Hall–Kier alpha value is -4.56. The number of methoxy groups -OCH3 is 1. The molecule has 13 heteroatoms. The van der Waals surface area contributed by atoms with E-state index in [-0.39, 0.29) is 15.6 Å². The minimum atomic E-state index is -0.879. The zero-order valence-corrected chi connectivity index (χ0v) is 24.8. The molecule has 0 bridgehead atoms. The number of hydrogen-bond donors (Lipinski definition) is 4. The highest BCUT2D eigenvalue weighted by atomic mass is 35.5. The van der Waals surface area contributed by atoms with Crippen molar-refractivity contribution < 1.29 is 19.4 Å². The number of carbonyl (C=O) groups is 2. The van der Waals surface area contributed by atoms with Crippen molar-refractivity contribution >= 4 is 75.6 Å². The van der Waals surface area contributed by atoms with Crippen LogP contribution in [-0.4, -0.2) is 52.8 Å². The number of rotatable bonds is 8. The molecule has 0 unspecified atom stereocenters. The number of benzene rings is 3. The summed E-state index contributed by atoms with van der Waals surface area (Å²) in [6.07, 6.45) is 9.75. The number of halogens is 3. The lowest BCUT2D eigenvalue weighted by Crippen LogP contribution is -2.26. The number of amides is 1. The van der Waals surface area contributed by atoms with Crippen molar-refractivity contribution in [1.29, 1.82) is 0 Å². The van der Waals surface area contributed by atoms with Crippen molar-refractivity contribution in [3.8, 4) is 18.6 Å². The minimum absolute atomic E-state index is 0.168. The van der Waals surface area contributed by atoms with Crippen molar-refractivity contribution in [3.05, 3.63) is 86.6 Å². The third-order valence-corrected chi connectivity index (χ3v) is 6.09. The van der Waals surface area contributed by atoms with Crippen molar-refractivity contribution in [1.82, 2.24) is 15.3 Å². The molecule has 0 atom stereocenters. The standard InChI is InChI=1S/C20H19Cl3N6O2.C7H6O2.C2H2/c1-10(24)26-9-27-11-5-13(22)19(14(23)6-11)20(30)25-4-3-18-28-15-7-12(21)17(31-2)8-16(15)29-18;8-7(9)6-4-2-1-3-5-6;1-2/h5-9H,3-4H2,1-2H3,(H,25,30)(H,28,29)(H2,24,26,27);1-5H,(H,8,9);1-2H. The summed E-state index contributed by atoms with van der Waals surface area (Å²) in [5, 5.41) is 12.0. The van der Waals surface area contributed by atoms with Gasteiger partial charge in [0.05, 0.1) is 55.9 Å². The summed E-state index contributed by atoms with van der Waals surface area (Å²) in [7, 11) is 1.54. The summed E-state index contributed by atoms with van der Waals surface area (Å²) < 4.78 is 5.20. The quantitative estimate of drug-likeness (QED) is 0.104. The summed E-state index contributed by atoms with van der Waals surface area (Å²) in [4.78, 5) is 38.4. The topological polar surface area (TPSA) is 155 Å². The molecule has 1 heterocycles. The molecule has 0 aliphatic heterocycles. The van der Waals surface area contributed by atoms with Gasteiger partial charge in [-0.05, 0) is 37.3 Å². The predicted octanol–water partition coefficient (Wildman–Crippen LogP) is 6.18. The molecule has 4 rings (SSSR count). The predicted molar refractivity (Wildman–Crippen MR) is 169 cm³/mol. The van der Waals surface area contributed by atoms with E-state index >= 15 is 0 Å². The van der Waals surface area contributed by atoms with Crippen LogP contribution in [0.2, 0.25) is 15.1 Å². The van der Waals surface area contributed by atoms with E-state index in [1.807, 2.05) is 0 Å². The smallest absolute Gasteiger partial charge is 0.335 e. The van der Waals surface area contributed by atoms with Gasteiger partial charge >= 0.3 is 5.97 Å². The van der Waals surface area contributed by atoms with Gasteiger partial charge in [-0.2, -0.15) is 0 Å².